The maximum Gasteiger partial charge on any atom is 0.253 e. The third-order valence-corrected chi connectivity index (χ3v) is 6.15. The molecule has 2 aromatic rings. The molecule has 2 aliphatic rings. The molecule has 0 unspecified atom stereocenters. The summed E-state index contributed by atoms with van der Waals surface area (Å²) in [5.74, 6) is 0.997. The zero-order chi connectivity index (χ0) is 15.8. The Morgan fingerprint density at radius 2 is 1.91 bits per heavy atom. The first-order chi connectivity index (χ1) is 11.2. The van der Waals surface area contributed by atoms with Crippen LogP contribution in [0.25, 0.3) is 10.2 Å². The van der Waals surface area contributed by atoms with Gasteiger partial charge in [0.15, 0.2) is 5.13 Å². The first-order valence-electron chi connectivity index (χ1n) is 8.65. The Morgan fingerprint density at radius 1 is 1.17 bits per heavy atom. The van der Waals surface area contributed by atoms with Crippen molar-refractivity contribution in [2.45, 2.75) is 32.6 Å². The highest BCUT2D eigenvalue weighted by molar-refractivity contribution is 7.22. The standard InChI is InChI=1S/C18H23N3OS/c1-13-6-10-21(11-7-13)18-19-15-5-4-14(12-16(15)23-18)17(22)20-8-2-3-9-20/h4-5,12-13H,2-3,6-11H2,1H3. The normalized spacial score (nSPS) is 19.7. The zero-order valence-electron chi connectivity index (χ0n) is 13.6. The molecule has 0 radical (unpaired) electrons. The molecule has 2 aliphatic heterocycles. The summed E-state index contributed by atoms with van der Waals surface area (Å²) in [6.07, 6.45) is 4.75. The number of amides is 1. The molecular formula is C18H23N3OS. The summed E-state index contributed by atoms with van der Waals surface area (Å²) in [6.45, 7) is 6.32. The SMILES string of the molecule is CC1CCN(c2nc3ccc(C(=O)N4CCCC4)cc3s2)CC1. The van der Waals surface area contributed by atoms with Crippen molar-refractivity contribution in [3.63, 3.8) is 0 Å². The van der Waals surface area contributed by atoms with Crippen LogP contribution in [0.5, 0.6) is 0 Å². The highest BCUT2D eigenvalue weighted by Gasteiger charge is 2.22. The first-order valence-corrected chi connectivity index (χ1v) is 9.47. The summed E-state index contributed by atoms with van der Waals surface area (Å²) in [5, 5.41) is 1.11. The van der Waals surface area contributed by atoms with Crippen LogP contribution in [0.2, 0.25) is 0 Å². The molecular weight excluding hydrogens is 306 g/mol. The number of carbonyl (C=O) groups is 1. The molecule has 3 heterocycles. The highest BCUT2D eigenvalue weighted by atomic mass is 32.1. The molecule has 4 nitrogen and oxygen atoms in total. The van der Waals surface area contributed by atoms with E-state index in [1.807, 2.05) is 23.1 Å². The highest BCUT2D eigenvalue weighted by Crippen LogP contribution is 2.32. The van der Waals surface area contributed by atoms with Crippen molar-refractivity contribution >= 4 is 32.6 Å². The minimum absolute atomic E-state index is 0.172. The first kappa shape index (κ1) is 14.9. The van der Waals surface area contributed by atoms with Gasteiger partial charge in [0.1, 0.15) is 0 Å². The number of likely N-dealkylation sites (tertiary alicyclic amines) is 1. The van der Waals surface area contributed by atoms with Crippen LogP contribution in [0, 0.1) is 5.92 Å². The summed E-state index contributed by atoms with van der Waals surface area (Å²) in [6, 6.07) is 5.97. The average Bonchev–Trinajstić information content (AvgIpc) is 3.23. The third kappa shape index (κ3) is 2.94. The van der Waals surface area contributed by atoms with Crippen LogP contribution < -0.4 is 4.90 Å². The number of hydrogen-bond donors (Lipinski definition) is 0. The molecule has 0 N–H and O–H groups in total. The van der Waals surface area contributed by atoms with Crippen LogP contribution in [0.15, 0.2) is 18.2 Å². The van der Waals surface area contributed by atoms with Gasteiger partial charge in [-0.1, -0.05) is 18.3 Å². The Balaban J connectivity index is 1.58. The van der Waals surface area contributed by atoms with Gasteiger partial charge in [-0.05, 0) is 49.8 Å². The second-order valence-electron chi connectivity index (χ2n) is 6.85. The molecule has 4 rings (SSSR count). The van der Waals surface area contributed by atoms with Gasteiger partial charge in [-0.3, -0.25) is 4.79 Å². The number of hydrogen-bond acceptors (Lipinski definition) is 4. The number of rotatable bonds is 2. The van der Waals surface area contributed by atoms with Gasteiger partial charge >= 0.3 is 0 Å². The van der Waals surface area contributed by atoms with E-state index in [0.29, 0.717) is 0 Å². The smallest absolute Gasteiger partial charge is 0.253 e. The van der Waals surface area contributed by atoms with E-state index in [4.69, 9.17) is 4.98 Å². The molecule has 122 valence electrons. The molecule has 0 bridgehead atoms. The fraction of sp³-hybridized carbons (Fsp3) is 0.556. The third-order valence-electron chi connectivity index (χ3n) is 5.07. The van der Waals surface area contributed by atoms with Crippen LogP contribution >= 0.6 is 11.3 Å². The summed E-state index contributed by atoms with van der Waals surface area (Å²) in [4.78, 5) is 21.7. The second-order valence-corrected chi connectivity index (χ2v) is 7.86. The Kier molecular flexibility index (Phi) is 3.97. The topological polar surface area (TPSA) is 36.4 Å². The number of fused-ring (bicyclic) bond motifs is 1. The zero-order valence-corrected chi connectivity index (χ0v) is 14.4. The number of benzene rings is 1. The predicted molar refractivity (Wildman–Crippen MR) is 95.4 cm³/mol. The van der Waals surface area contributed by atoms with Crippen LogP contribution in [0.4, 0.5) is 5.13 Å². The lowest BCUT2D eigenvalue weighted by Crippen LogP contribution is -2.32. The predicted octanol–water partition coefficient (Wildman–Crippen LogP) is 3.77. The summed E-state index contributed by atoms with van der Waals surface area (Å²) in [7, 11) is 0. The number of thiazole rings is 1. The van der Waals surface area contributed by atoms with Gasteiger partial charge < -0.3 is 9.80 Å². The molecule has 1 amide bonds. The van der Waals surface area contributed by atoms with Gasteiger partial charge in [-0.2, -0.15) is 0 Å². The summed E-state index contributed by atoms with van der Waals surface area (Å²) >= 11 is 1.72. The van der Waals surface area contributed by atoms with Gasteiger partial charge in [0, 0.05) is 31.7 Å². The van der Waals surface area contributed by atoms with E-state index < -0.39 is 0 Å². The van der Waals surface area contributed by atoms with Crippen LogP contribution in [-0.2, 0) is 0 Å². The van der Waals surface area contributed by atoms with E-state index in [1.54, 1.807) is 11.3 Å². The number of carbonyl (C=O) groups excluding carboxylic acids is 1. The summed E-state index contributed by atoms with van der Waals surface area (Å²) in [5.41, 5.74) is 1.82. The molecule has 23 heavy (non-hydrogen) atoms. The molecule has 0 aliphatic carbocycles. The van der Waals surface area contributed by atoms with E-state index in [9.17, 15) is 4.79 Å². The van der Waals surface area contributed by atoms with Crippen molar-refractivity contribution in [3.05, 3.63) is 23.8 Å². The number of aromatic nitrogens is 1. The largest absolute Gasteiger partial charge is 0.348 e. The van der Waals surface area contributed by atoms with E-state index in [-0.39, 0.29) is 5.91 Å². The van der Waals surface area contributed by atoms with Crippen LogP contribution in [0.1, 0.15) is 43.0 Å². The van der Waals surface area contributed by atoms with Crippen LogP contribution in [0.3, 0.4) is 0 Å². The fourth-order valence-corrected chi connectivity index (χ4v) is 4.54. The average molecular weight is 329 g/mol. The maximum absolute atomic E-state index is 12.5. The summed E-state index contributed by atoms with van der Waals surface area (Å²) < 4.78 is 1.13. The van der Waals surface area contributed by atoms with E-state index >= 15 is 0 Å². The number of nitrogens with zero attached hydrogens (tertiary/aromatic N) is 3. The van der Waals surface area contributed by atoms with Gasteiger partial charge in [-0.25, -0.2) is 4.98 Å². The molecule has 0 saturated carbocycles. The monoisotopic (exact) mass is 329 g/mol. The maximum atomic E-state index is 12.5. The Hall–Kier alpha value is -1.62. The van der Waals surface area contributed by atoms with Crippen molar-refractivity contribution in [1.29, 1.82) is 0 Å². The van der Waals surface area contributed by atoms with Gasteiger partial charge in [0.25, 0.3) is 5.91 Å². The van der Waals surface area contributed by atoms with Crippen molar-refractivity contribution in [3.8, 4) is 0 Å². The lowest BCUT2D eigenvalue weighted by molar-refractivity contribution is 0.0793. The van der Waals surface area contributed by atoms with E-state index in [2.05, 4.69) is 11.8 Å². The van der Waals surface area contributed by atoms with Crippen LogP contribution in [-0.4, -0.2) is 42.0 Å². The molecule has 1 aromatic carbocycles. The molecule has 2 saturated heterocycles. The Morgan fingerprint density at radius 3 is 2.65 bits per heavy atom. The van der Waals surface area contributed by atoms with Crippen molar-refractivity contribution in [1.82, 2.24) is 9.88 Å². The lowest BCUT2D eigenvalue weighted by Gasteiger charge is -2.29. The molecule has 0 spiro atoms. The lowest BCUT2D eigenvalue weighted by atomic mass is 10.00. The van der Waals surface area contributed by atoms with Gasteiger partial charge in [0.2, 0.25) is 0 Å². The molecule has 2 fully saturated rings. The molecule has 0 atom stereocenters. The Labute approximate surface area is 141 Å². The molecule has 5 heteroatoms. The van der Waals surface area contributed by atoms with E-state index in [1.165, 1.54) is 12.8 Å². The quantitative estimate of drug-likeness (QED) is 0.841. The van der Waals surface area contributed by atoms with E-state index in [0.717, 1.165) is 65.9 Å². The minimum atomic E-state index is 0.172. The minimum Gasteiger partial charge on any atom is -0.348 e. The Bertz CT molecular complexity index is 712. The number of piperidine rings is 1. The van der Waals surface area contributed by atoms with Crippen molar-refractivity contribution in [2.24, 2.45) is 5.92 Å². The van der Waals surface area contributed by atoms with Gasteiger partial charge in [0.05, 0.1) is 10.2 Å². The van der Waals surface area contributed by atoms with Crippen molar-refractivity contribution < 1.29 is 4.79 Å². The number of anilines is 1. The van der Waals surface area contributed by atoms with Gasteiger partial charge in [-0.15, -0.1) is 0 Å². The molecule has 1 aromatic heterocycles. The van der Waals surface area contributed by atoms with Crippen molar-refractivity contribution in [2.75, 3.05) is 31.1 Å². The second kappa shape index (κ2) is 6.11. The fourth-order valence-electron chi connectivity index (χ4n) is 3.48.